The maximum atomic E-state index is 13.1. The quantitative estimate of drug-likeness (QED) is 0.781. The minimum atomic E-state index is -0.896. The van der Waals surface area contributed by atoms with E-state index in [1.807, 2.05) is 6.07 Å². The molecule has 0 heterocycles. The van der Waals surface area contributed by atoms with Gasteiger partial charge in [-0.2, -0.15) is 5.26 Å². The van der Waals surface area contributed by atoms with Crippen LogP contribution in [0.5, 0.6) is 5.75 Å². The van der Waals surface area contributed by atoms with Gasteiger partial charge in [-0.1, -0.05) is 11.6 Å². The molecule has 0 atom stereocenters. The first-order valence-electron chi connectivity index (χ1n) is 7.51. The number of nitriles is 1. The van der Waals surface area contributed by atoms with Gasteiger partial charge >= 0.3 is 5.97 Å². The van der Waals surface area contributed by atoms with Gasteiger partial charge in [-0.15, -0.1) is 0 Å². The second-order valence-electron chi connectivity index (χ2n) is 5.17. The number of carbonyl (C=O) groups is 2. The number of hydrogen-bond donors (Lipinski definition) is 1. The molecule has 0 aliphatic rings. The topological polar surface area (TPSA) is 90.6 Å². The second kappa shape index (κ2) is 8.83. The summed E-state index contributed by atoms with van der Waals surface area (Å²) >= 11 is 5.69. The van der Waals surface area contributed by atoms with E-state index in [9.17, 15) is 19.1 Å². The number of ether oxygens (including phenoxy) is 1. The van der Waals surface area contributed by atoms with Crippen LogP contribution >= 0.6 is 11.6 Å². The molecular formula is C18H14ClFN2O4. The zero-order valence-electron chi connectivity index (χ0n) is 13.5. The highest BCUT2D eigenvalue weighted by atomic mass is 35.5. The Bertz CT molecular complexity index is 849. The summed E-state index contributed by atoms with van der Waals surface area (Å²) in [6.45, 7) is -0.547. The van der Waals surface area contributed by atoms with Crippen LogP contribution in [0.4, 0.5) is 10.1 Å². The summed E-state index contributed by atoms with van der Waals surface area (Å²) in [4.78, 5) is 25.6. The van der Waals surface area contributed by atoms with Crippen molar-refractivity contribution in [3.05, 3.63) is 58.9 Å². The Morgan fingerprint density at radius 1 is 1.23 bits per heavy atom. The molecule has 0 aliphatic heterocycles. The average Bonchev–Trinajstić information content (AvgIpc) is 2.61. The van der Waals surface area contributed by atoms with Gasteiger partial charge in [0.25, 0.3) is 5.91 Å². The lowest BCUT2D eigenvalue weighted by Gasteiger charge is -2.21. The molecule has 0 aromatic heterocycles. The molecule has 0 bridgehead atoms. The summed E-state index contributed by atoms with van der Waals surface area (Å²) in [6, 6.07) is 10.9. The van der Waals surface area contributed by atoms with Crippen LogP contribution in [0.2, 0.25) is 5.02 Å². The Morgan fingerprint density at radius 3 is 2.54 bits per heavy atom. The number of esters is 1. The number of rotatable bonds is 6. The maximum Gasteiger partial charge on any atom is 0.342 e. The Balaban J connectivity index is 2.07. The lowest BCUT2D eigenvalue weighted by Crippen LogP contribution is -2.35. The molecule has 0 radical (unpaired) electrons. The summed E-state index contributed by atoms with van der Waals surface area (Å²) in [6.07, 6.45) is 0.0506. The fourth-order valence-electron chi connectivity index (χ4n) is 2.14. The summed E-state index contributed by atoms with van der Waals surface area (Å²) < 4.78 is 18.0. The molecule has 0 spiro atoms. The van der Waals surface area contributed by atoms with Crippen LogP contribution in [0.15, 0.2) is 42.5 Å². The third kappa shape index (κ3) is 4.94. The van der Waals surface area contributed by atoms with Gasteiger partial charge in [-0.25, -0.2) is 9.18 Å². The van der Waals surface area contributed by atoms with Gasteiger partial charge < -0.3 is 14.7 Å². The van der Waals surface area contributed by atoms with Gasteiger partial charge in [0.1, 0.15) is 17.1 Å². The summed E-state index contributed by atoms with van der Waals surface area (Å²) in [5, 5.41) is 18.7. The lowest BCUT2D eigenvalue weighted by atomic mass is 10.2. The minimum absolute atomic E-state index is 0.0506. The van der Waals surface area contributed by atoms with Gasteiger partial charge in [0.05, 0.1) is 12.5 Å². The van der Waals surface area contributed by atoms with Crippen LogP contribution in [0, 0.1) is 17.1 Å². The van der Waals surface area contributed by atoms with E-state index in [4.69, 9.17) is 21.6 Å². The van der Waals surface area contributed by atoms with E-state index >= 15 is 0 Å². The highest BCUT2D eigenvalue weighted by Crippen LogP contribution is 2.22. The molecule has 0 saturated heterocycles. The maximum absolute atomic E-state index is 13.1. The van der Waals surface area contributed by atoms with Crippen LogP contribution < -0.4 is 4.90 Å². The molecule has 0 unspecified atom stereocenters. The number of halogens is 2. The van der Waals surface area contributed by atoms with Crippen LogP contribution in [-0.2, 0) is 9.53 Å². The zero-order valence-corrected chi connectivity index (χ0v) is 14.2. The van der Waals surface area contributed by atoms with Crippen LogP contribution in [-0.4, -0.2) is 30.1 Å². The number of benzene rings is 2. The lowest BCUT2D eigenvalue weighted by molar-refractivity contribution is -0.121. The Kier molecular flexibility index (Phi) is 6.53. The molecule has 2 aromatic carbocycles. The Labute approximate surface area is 154 Å². The van der Waals surface area contributed by atoms with E-state index < -0.39 is 24.3 Å². The predicted octanol–water partition coefficient (Wildman–Crippen LogP) is 3.29. The van der Waals surface area contributed by atoms with Crippen molar-refractivity contribution in [2.24, 2.45) is 0 Å². The van der Waals surface area contributed by atoms with Crippen LogP contribution in [0.25, 0.3) is 0 Å². The van der Waals surface area contributed by atoms with E-state index in [1.54, 1.807) is 0 Å². The fourth-order valence-corrected chi connectivity index (χ4v) is 2.31. The van der Waals surface area contributed by atoms with Crippen molar-refractivity contribution in [2.75, 3.05) is 18.1 Å². The van der Waals surface area contributed by atoms with Crippen LogP contribution in [0.1, 0.15) is 16.8 Å². The predicted molar refractivity (Wildman–Crippen MR) is 92.4 cm³/mol. The standard InChI is InChI=1S/C18H14ClFN2O4/c19-12-2-7-15(16(23)10-12)18(25)26-11-17(24)22(9-1-8-21)14-5-3-13(20)4-6-14/h2-7,10,23H,1,9,11H2. The average molecular weight is 377 g/mol. The molecule has 6 nitrogen and oxygen atoms in total. The van der Waals surface area contributed by atoms with E-state index in [-0.39, 0.29) is 29.3 Å². The number of nitrogens with zero attached hydrogens (tertiary/aromatic N) is 2. The fraction of sp³-hybridized carbons (Fsp3) is 0.167. The number of amides is 1. The van der Waals surface area contributed by atoms with Crippen molar-refractivity contribution in [1.29, 1.82) is 5.26 Å². The molecule has 0 fully saturated rings. The first kappa shape index (κ1) is 19.2. The molecule has 0 saturated carbocycles. The van der Waals surface area contributed by atoms with E-state index in [0.717, 1.165) is 0 Å². The first-order chi connectivity index (χ1) is 12.4. The Hall–Kier alpha value is -3.11. The van der Waals surface area contributed by atoms with Gasteiger partial charge in [0.15, 0.2) is 6.61 Å². The highest BCUT2D eigenvalue weighted by molar-refractivity contribution is 6.30. The van der Waals surface area contributed by atoms with Gasteiger partial charge in [0, 0.05) is 17.3 Å². The second-order valence-corrected chi connectivity index (χ2v) is 5.60. The van der Waals surface area contributed by atoms with Gasteiger partial charge in [-0.05, 0) is 42.5 Å². The molecule has 2 rings (SSSR count). The third-order valence-electron chi connectivity index (χ3n) is 3.39. The van der Waals surface area contributed by atoms with Crippen LogP contribution in [0.3, 0.4) is 0 Å². The third-order valence-corrected chi connectivity index (χ3v) is 3.63. The number of phenols is 1. The summed E-state index contributed by atoms with van der Waals surface area (Å²) in [5.41, 5.74) is 0.240. The SMILES string of the molecule is N#CCCN(C(=O)COC(=O)c1ccc(Cl)cc1O)c1ccc(F)cc1. The highest BCUT2D eigenvalue weighted by Gasteiger charge is 2.19. The van der Waals surface area contributed by atoms with Gasteiger partial charge in [-0.3, -0.25) is 4.79 Å². The summed E-state index contributed by atoms with van der Waals surface area (Å²) in [5.74, 6) is -2.32. The van der Waals surface area contributed by atoms with Crippen molar-refractivity contribution < 1.29 is 23.8 Å². The largest absolute Gasteiger partial charge is 0.507 e. The normalized spacial score (nSPS) is 10.0. The molecule has 26 heavy (non-hydrogen) atoms. The zero-order chi connectivity index (χ0) is 19.1. The number of aromatic hydroxyl groups is 1. The number of carbonyl (C=O) groups excluding carboxylic acids is 2. The van der Waals surface area contributed by atoms with Crippen molar-refractivity contribution in [2.45, 2.75) is 6.42 Å². The van der Waals surface area contributed by atoms with E-state index in [0.29, 0.717) is 5.69 Å². The summed E-state index contributed by atoms with van der Waals surface area (Å²) in [7, 11) is 0. The van der Waals surface area contributed by atoms with Gasteiger partial charge in [0.2, 0.25) is 0 Å². The first-order valence-corrected chi connectivity index (χ1v) is 7.88. The van der Waals surface area contributed by atoms with Crippen molar-refractivity contribution in [3.8, 4) is 11.8 Å². The molecule has 2 aromatic rings. The number of phenolic OH excluding ortho intramolecular Hbond substituents is 1. The van der Waals surface area contributed by atoms with Crippen molar-refractivity contribution in [3.63, 3.8) is 0 Å². The minimum Gasteiger partial charge on any atom is -0.507 e. The molecule has 1 amide bonds. The van der Waals surface area contributed by atoms with E-state index in [1.165, 1.54) is 47.4 Å². The molecule has 134 valence electrons. The van der Waals surface area contributed by atoms with Crippen molar-refractivity contribution in [1.82, 2.24) is 0 Å². The number of anilines is 1. The van der Waals surface area contributed by atoms with E-state index in [2.05, 4.69) is 0 Å². The monoisotopic (exact) mass is 376 g/mol. The molecule has 1 N–H and O–H groups in total. The Morgan fingerprint density at radius 2 is 1.92 bits per heavy atom. The number of hydrogen-bond acceptors (Lipinski definition) is 5. The smallest absolute Gasteiger partial charge is 0.342 e. The molecular weight excluding hydrogens is 363 g/mol. The van der Waals surface area contributed by atoms with Crippen molar-refractivity contribution >= 4 is 29.2 Å². The molecule has 8 heteroatoms. The molecule has 0 aliphatic carbocycles.